The highest BCUT2D eigenvalue weighted by atomic mass is 16.5. The lowest BCUT2D eigenvalue weighted by molar-refractivity contribution is -0.145. The van der Waals surface area contributed by atoms with Gasteiger partial charge in [0.1, 0.15) is 6.04 Å². The number of nitrogens with zero attached hydrogens (tertiary/aromatic N) is 1. The fraction of sp³-hybridized carbons (Fsp3) is 0.923. The summed E-state index contributed by atoms with van der Waals surface area (Å²) in [5, 5.41) is 3.04. The Morgan fingerprint density at radius 1 is 1.50 bits per heavy atom. The molecular formula is C13H24N2O3. The molecule has 5 heteroatoms. The molecule has 0 aromatic carbocycles. The van der Waals surface area contributed by atoms with Gasteiger partial charge in [-0.1, -0.05) is 12.8 Å². The molecule has 104 valence electrons. The van der Waals surface area contributed by atoms with Crippen molar-refractivity contribution >= 4 is 5.97 Å². The second kappa shape index (κ2) is 6.50. The number of nitrogens with one attached hydrogen (secondary N) is 1. The minimum atomic E-state index is -0.240. The van der Waals surface area contributed by atoms with Crippen molar-refractivity contribution in [2.45, 2.75) is 43.9 Å². The summed E-state index contributed by atoms with van der Waals surface area (Å²) in [6.07, 6.45) is 5.24. The third-order valence-electron chi connectivity index (χ3n) is 4.10. The van der Waals surface area contributed by atoms with E-state index in [1.165, 1.54) is 26.4 Å². The van der Waals surface area contributed by atoms with Crippen molar-refractivity contribution in [3.8, 4) is 0 Å². The van der Waals surface area contributed by atoms with Crippen LogP contribution < -0.4 is 5.32 Å². The maximum absolute atomic E-state index is 11.6. The molecule has 0 radical (unpaired) electrons. The second-order valence-corrected chi connectivity index (χ2v) is 5.12. The summed E-state index contributed by atoms with van der Waals surface area (Å²) in [4.78, 5) is 14.0. The van der Waals surface area contributed by atoms with Gasteiger partial charge in [0.15, 0.2) is 0 Å². The standard InChI is InChI=1S/C13H24N2O3/c1-14-10(13(16)17-2)9-15-7-8-18-12-6-4-3-5-11(12)15/h10-12,14H,3-9H2,1-2H3. The number of morpholine rings is 1. The Bertz CT molecular complexity index is 283. The fourth-order valence-electron chi connectivity index (χ4n) is 3.06. The van der Waals surface area contributed by atoms with Gasteiger partial charge in [0.2, 0.25) is 0 Å². The summed E-state index contributed by atoms with van der Waals surface area (Å²) in [5.41, 5.74) is 0. The third kappa shape index (κ3) is 3.02. The highest BCUT2D eigenvalue weighted by Crippen LogP contribution is 2.28. The van der Waals surface area contributed by atoms with E-state index in [4.69, 9.17) is 9.47 Å². The van der Waals surface area contributed by atoms with Gasteiger partial charge in [0.25, 0.3) is 0 Å². The van der Waals surface area contributed by atoms with Crippen molar-refractivity contribution in [2.75, 3.05) is 33.9 Å². The Balaban J connectivity index is 1.95. The molecule has 0 aromatic heterocycles. The minimum Gasteiger partial charge on any atom is -0.468 e. The summed E-state index contributed by atoms with van der Waals surface area (Å²) in [6, 6.07) is 0.240. The van der Waals surface area contributed by atoms with Crippen molar-refractivity contribution < 1.29 is 14.3 Å². The van der Waals surface area contributed by atoms with Crippen LogP contribution in [0, 0.1) is 0 Å². The first-order valence-corrected chi connectivity index (χ1v) is 6.87. The summed E-state index contributed by atoms with van der Waals surface area (Å²) >= 11 is 0. The number of likely N-dealkylation sites (N-methyl/N-ethyl adjacent to an activating group) is 1. The Morgan fingerprint density at radius 2 is 2.28 bits per heavy atom. The first-order valence-electron chi connectivity index (χ1n) is 6.87. The predicted octanol–water partition coefficient (Wildman–Crippen LogP) is 0.391. The number of rotatable bonds is 4. The lowest BCUT2D eigenvalue weighted by Crippen LogP contribution is -2.57. The van der Waals surface area contributed by atoms with Crippen LogP contribution in [0.3, 0.4) is 0 Å². The Hall–Kier alpha value is -0.650. The summed E-state index contributed by atoms with van der Waals surface area (Å²) < 4.78 is 10.7. The van der Waals surface area contributed by atoms with Crippen LogP contribution in [0.2, 0.25) is 0 Å². The number of ether oxygens (including phenoxy) is 2. The number of carbonyl (C=O) groups excluding carboxylic acids is 1. The van der Waals surface area contributed by atoms with Gasteiger partial charge in [-0.05, 0) is 19.9 Å². The first-order chi connectivity index (χ1) is 8.76. The van der Waals surface area contributed by atoms with Crippen molar-refractivity contribution in [2.24, 2.45) is 0 Å². The van der Waals surface area contributed by atoms with Gasteiger partial charge in [-0.2, -0.15) is 0 Å². The molecule has 2 rings (SSSR count). The fourth-order valence-corrected chi connectivity index (χ4v) is 3.06. The Kier molecular flexibility index (Phi) is 4.97. The average molecular weight is 256 g/mol. The SMILES string of the molecule is CNC(CN1CCOC2CCCCC21)C(=O)OC. The monoisotopic (exact) mass is 256 g/mol. The van der Waals surface area contributed by atoms with Crippen LogP contribution in [0.4, 0.5) is 0 Å². The van der Waals surface area contributed by atoms with Crippen LogP contribution >= 0.6 is 0 Å². The Morgan fingerprint density at radius 3 is 3.00 bits per heavy atom. The van der Waals surface area contributed by atoms with Crippen LogP contribution in [0.15, 0.2) is 0 Å². The van der Waals surface area contributed by atoms with Gasteiger partial charge >= 0.3 is 5.97 Å². The van der Waals surface area contributed by atoms with Crippen molar-refractivity contribution in [1.29, 1.82) is 0 Å². The summed E-state index contributed by atoms with van der Waals surface area (Å²) in [6.45, 7) is 2.41. The molecule has 1 N–H and O–H groups in total. The van der Waals surface area contributed by atoms with Gasteiger partial charge in [-0.15, -0.1) is 0 Å². The number of carbonyl (C=O) groups is 1. The molecule has 1 aliphatic heterocycles. The molecule has 1 aliphatic carbocycles. The topological polar surface area (TPSA) is 50.8 Å². The zero-order valence-corrected chi connectivity index (χ0v) is 11.4. The number of hydrogen-bond donors (Lipinski definition) is 1. The number of methoxy groups -OCH3 is 1. The van der Waals surface area contributed by atoms with Crippen LogP contribution in [0.5, 0.6) is 0 Å². The molecule has 5 nitrogen and oxygen atoms in total. The molecule has 3 unspecified atom stereocenters. The third-order valence-corrected chi connectivity index (χ3v) is 4.10. The van der Waals surface area contributed by atoms with Gasteiger partial charge < -0.3 is 14.8 Å². The highest BCUT2D eigenvalue weighted by molar-refractivity contribution is 5.75. The van der Waals surface area contributed by atoms with E-state index in [0.29, 0.717) is 18.7 Å². The lowest BCUT2D eigenvalue weighted by atomic mass is 9.90. The number of hydrogen-bond acceptors (Lipinski definition) is 5. The van der Waals surface area contributed by atoms with Crippen molar-refractivity contribution in [3.63, 3.8) is 0 Å². The smallest absolute Gasteiger partial charge is 0.324 e. The molecule has 2 aliphatic rings. The average Bonchev–Trinajstić information content (AvgIpc) is 2.44. The zero-order valence-electron chi connectivity index (χ0n) is 11.4. The van der Waals surface area contributed by atoms with Crippen LogP contribution in [-0.4, -0.2) is 62.9 Å². The van der Waals surface area contributed by atoms with E-state index in [0.717, 1.165) is 19.6 Å². The number of fused-ring (bicyclic) bond motifs is 1. The molecule has 0 amide bonds. The van der Waals surface area contributed by atoms with E-state index in [2.05, 4.69) is 10.2 Å². The van der Waals surface area contributed by atoms with Crippen molar-refractivity contribution in [3.05, 3.63) is 0 Å². The summed E-state index contributed by atoms with van der Waals surface area (Å²) in [5.74, 6) is -0.184. The molecule has 18 heavy (non-hydrogen) atoms. The van der Waals surface area contributed by atoms with Crippen LogP contribution in [0.1, 0.15) is 25.7 Å². The molecule has 1 heterocycles. The molecule has 1 saturated heterocycles. The maximum atomic E-state index is 11.6. The Labute approximate surface area is 109 Å². The molecule has 2 fully saturated rings. The normalized spacial score (nSPS) is 30.6. The number of esters is 1. The maximum Gasteiger partial charge on any atom is 0.324 e. The van der Waals surface area contributed by atoms with Gasteiger partial charge in [0.05, 0.1) is 19.8 Å². The quantitative estimate of drug-likeness (QED) is 0.738. The van der Waals surface area contributed by atoms with Crippen LogP contribution in [-0.2, 0) is 14.3 Å². The largest absolute Gasteiger partial charge is 0.468 e. The molecule has 3 atom stereocenters. The molecule has 0 bridgehead atoms. The van der Waals surface area contributed by atoms with Crippen LogP contribution in [0.25, 0.3) is 0 Å². The van der Waals surface area contributed by atoms with Gasteiger partial charge in [-0.25, -0.2) is 0 Å². The molecular weight excluding hydrogens is 232 g/mol. The van der Waals surface area contributed by atoms with Gasteiger partial charge in [-0.3, -0.25) is 9.69 Å². The van der Waals surface area contributed by atoms with E-state index in [1.54, 1.807) is 7.05 Å². The van der Waals surface area contributed by atoms with E-state index < -0.39 is 0 Å². The molecule has 1 saturated carbocycles. The minimum absolute atomic E-state index is 0.184. The summed E-state index contributed by atoms with van der Waals surface area (Å²) in [7, 11) is 3.25. The van der Waals surface area contributed by atoms with E-state index in [-0.39, 0.29) is 12.0 Å². The van der Waals surface area contributed by atoms with E-state index in [1.807, 2.05) is 0 Å². The molecule has 0 spiro atoms. The lowest BCUT2D eigenvalue weighted by Gasteiger charge is -2.44. The predicted molar refractivity (Wildman–Crippen MR) is 68.4 cm³/mol. The van der Waals surface area contributed by atoms with Gasteiger partial charge in [0, 0.05) is 19.1 Å². The van der Waals surface area contributed by atoms with Crippen molar-refractivity contribution in [1.82, 2.24) is 10.2 Å². The second-order valence-electron chi connectivity index (χ2n) is 5.12. The first kappa shape index (κ1) is 13.8. The highest BCUT2D eigenvalue weighted by Gasteiger charge is 2.35. The zero-order chi connectivity index (χ0) is 13.0. The molecule has 0 aromatic rings. The van der Waals surface area contributed by atoms with E-state index in [9.17, 15) is 4.79 Å². The van der Waals surface area contributed by atoms with E-state index >= 15 is 0 Å².